The summed E-state index contributed by atoms with van der Waals surface area (Å²) in [5, 5.41) is 0. The molecule has 13 unspecified atom stereocenters. The maximum Gasteiger partial charge on any atom is 0.0725 e. The Kier molecular flexibility index (Phi) is 11.5. The van der Waals surface area contributed by atoms with Crippen LogP contribution in [0.5, 0.6) is 0 Å². The third-order valence-corrected chi connectivity index (χ3v) is 22.5. The Morgan fingerprint density at radius 2 is 1.35 bits per heavy atom. The fourth-order valence-corrected chi connectivity index (χ4v) is 19.1. The molecule has 0 aromatic heterocycles. The summed E-state index contributed by atoms with van der Waals surface area (Å²) in [6.45, 7) is 2.46. The van der Waals surface area contributed by atoms with Gasteiger partial charge in [-0.25, -0.2) is 9.44 Å². The van der Waals surface area contributed by atoms with Gasteiger partial charge >= 0.3 is 0 Å². The molecule has 11 aliphatic rings. The number of hydrogen-bond donors (Lipinski definition) is 2. The number of allylic oxidation sites excluding steroid dienone is 16. The topological polar surface area (TPSA) is 27.3 Å². The van der Waals surface area contributed by atoms with E-state index in [1.807, 2.05) is 0 Å². The molecule has 398 valence electrons. The minimum absolute atomic E-state index is 0.227. The lowest BCUT2D eigenvalue weighted by Crippen LogP contribution is -2.50. The summed E-state index contributed by atoms with van der Waals surface area (Å²) >= 11 is 1.75. The average molecular weight is 1070 g/mol. The van der Waals surface area contributed by atoms with Gasteiger partial charge in [0.05, 0.1) is 17.5 Å². The van der Waals surface area contributed by atoms with E-state index in [1.54, 1.807) is 23.3 Å². The van der Waals surface area contributed by atoms with Crippen molar-refractivity contribution >= 4 is 23.4 Å². The van der Waals surface area contributed by atoms with Gasteiger partial charge in [-0.1, -0.05) is 237 Å². The molecular weight excluding hydrogens is 999 g/mol. The Morgan fingerprint density at radius 1 is 0.617 bits per heavy atom. The summed E-state index contributed by atoms with van der Waals surface area (Å²) in [5.41, 5.74) is 23.7. The third kappa shape index (κ3) is 7.42. The van der Waals surface area contributed by atoms with Crippen LogP contribution in [0, 0.1) is 41.4 Å². The molecule has 0 radical (unpaired) electrons. The van der Waals surface area contributed by atoms with E-state index >= 15 is 0 Å². The fourth-order valence-electron chi connectivity index (χ4n) is 18.2. The zero-order chi connectivity index (χ0) is 53.3. The summed E-state index contributed by atoms with van der Waals surface area (Å²) in [5.74, 6) is 4.23. The molecule has 1 spiro atoms. The number of fused-ring (bicyclic) bond motifs is 16. The summed E-state index contributed by atoms with van der Waals surface area (Å²) in [6.07, 6.45) is 44.0. The number of hydrogen-bond acceptors (Lipinski definition) is 4. The van der Waals surface area contributed by atoms with Gasteiger partial charge in [0.25, 0.3) is 0 Å². The Bertz CT molecular complexity index is 3810. The first kappa shape index (κ1) is 48.5. The van der Waals surface area contributed by atoms with Crippen LogP contribution in [0.15, 0.2) is 259 Å². The maximum atomic E-state index is 4.00. The second-order valence-electron chi connectivity index (χ2n) is 25.4. The molecule has 9 aliphatic carbocycles. The van der Waals surface area contributed by atoms with Crippen LogP contribution >= 0.6 is 12.1 Å². The third-order valence-electron chi connectivity index (χ3n) is 21.7. The van der Waals surface area contributed by atoms with Crippen molar-refractivity contribution in [2.24, 2.45) is 41.4 Å². The average Bonchev–Trinajstić information content (AvgIpc) is 3.30. The molecule has 3 fully saturated rings. The predicted molar refractivity (Wildman–Crippen MR) is 336 cm³/mol. The molecule has 1 saturated carbocycles. The second-order valence-corrected chi connectivity index (χ2v) is 26.1. The van der Waals surface area contributed by atoms with Crippen LogP contribution in [0.1, 0.15) is 96.2 Å². The van der Waals surface area contributed by atoms with Crippen molar-refractivity contribution in [2.45, 2.75) is 86.9 Å². The van der Waals surface area contributed by atoms with Crippen LogP contribution in [0.4, 0.5) is 5.69 Å². The zero-order valence-corrected chi connectivity index (χ0v) is 46.9. The van der Waals surface area contributed by atoms with Gasteiger partial charge in [0.15, 0.2) is 0 Å². The molecule has 17 rings (SSSR count). The molecule has 2 aliphatic heterocycles. The van der Waals surface area contributed by atoms with E-state index in [0.717, 1.165) is 12.8 Å². The van der Waals surface area contributed by atoms with Gasteiger partial charge in [-0.05, 0) is 158 Å². The number of anilines is 1. The lowest BCUT2D eigenvalue weighted by Gasteiger charge is -2.45. The Balaban J connectivity index is 0.700. The molecule has 4 heteroatoms. The minimum Gasteiger partial charge on any atom is -0.357 e. The summed E-state index contributed by atoms with van der Waals surface area (Å²) in [6, 6.07) is 57.8. The highest BCUT2D eigenvalue weighted by atomic mass is 32.2. The lowest BCUT2D eigenvalue weighted by molar-refractivity contribution is 0.183. The van der Waals surface area contributed by atoms with Crippen molar-refractivity contribution in [1.82, 2.24) is 9.44 Å². The normalized spacial score (nSPS) is 31.2. The molecule has 2 saturated heterocycles. The largest absolute Gasteiger partial charge is 0.357 e. The Labute approximate surface area is 483 Å². The van der Waals surface area contributed by atoms with Crippen molar-refractivity contribution in [1.29, 1.82) is 0 Å². The molecule has 81 heavy (non-hydrogen) atoms. The van der Waals surface area contributed by atoms with Crippen molar-refractivity contribution in [3.63, 3.8) is 0 Å². The van der Waals surface area contributed by atoms with E-state index in [4.69, 9.17) is 0 Å². The van der Waals surface area contributed by atoms with Crippen LogP contribution in [0.25, 0.3) is 27.8 Å². The highest BCUT2D eigenvalue weighted by Crippen LogP contribution is 2.63. The first-order valence-electron chi connectivity index (χ1n) is 30.5. The van der Waals surface area contributed by atoms with Gasteiger partial charge in [-0.2, -0.15) is 0 Å². The number of benzene rings is 6. The molecule has 2 heterocycles. The van der Waals surface area contributed by atoms with E-state index in [1.165, 1.54) is 109 Å². The predicted octanol–water partition coefficient (Wildman–Crippen LogP) is 17.3. The SMILES string of the molecule is CC1CCC=CC1C1=CC=CC(C(c2ccccc2)C2CCC(c3ccc(N4C5C=CC(c6ccc7c(c6)C6(c8ccccc8-c8ccccc86)c6ccccc6-7)=CC5C5C6=C(C=CC54)C=C4C=CC=CC4C6)cc3)C3NSNC23)C1. The van der Waals surface area contributed by atoms with Crippen LogP contribution in [0.3, 0.4) is 0 Å². The summed E-state index contributed by atoms with van der Waals surface area (Å²) in [4.78, 5) is 2.80. The van der Waals surface area contributed by atoms with E-state index in [9.17, 15) is 0 Å². The van der Waals surface area contributed by atoms with Crippen LogP contribution < -0.4 is 14.3 Å². The van der Waals surface area contributed by atoms with E-state index in [2.05, 4.69) is 258 Å². The lowest BCUT2D eigenvalue weighted by atomic mass is 9.62. The van der Waals surface area contributed by atoms with Crippen molar-refractivity contribution < 1.29 is 0 Å². The molecule has 13 atom stereocenters. The van der Waals surface area contributed by atoms with Gasteiger partial charge < -0.3 is 4.90 Å². The fraction of sp³-hybridized carbons (Fsp3) is 0.273. The van der Waals surface area contributed by atoms with Crippen molar-refractivity contribution in [3.05, 3.63) is 298 Å². The van der Waals surface area contributed by atoms with Crippen molar-refractivity contribution in [3.8, 4) is 22.3 Å². The van der Waals surface area contributed by atoms with E-state index < -0.39 is 0 Å². The Morgan fingerprint density at radius 3 is 2.12 bits per heavy atom. The first-order chi connectivity index (χ1) is 40.1. The highest BCUT2D eigenvalue weighted by molar-refractivity contribution is 7.95. The van der Waals surface area contributed by atoms with E-state index in [0.29, 0.717) is 65.3 Å². The monoisotopic (exact) mass is 1070 g/mol. The molecule has 0 bridgehead atoms. The van der Waals surface area contributed by atoms with E-state index in [-0.39, 0.29) is 17.5 Å². The van der Waals surface area contributed by atoms with Gasteiger partial charge in [0.2, 0.25) is 0 Å². The maximum absolute atomic E-state index is 4.00. The molecule has 0 amide bonds. The van der Waals surface area contributed by atoms with Gasteiger partial charge in [-0.3, -0.25) is 0 Å². The highest BCUT2D eigenvalue weighted by Gasteiger charge is 2.54. The second kappa shape index (κ2) is 19.2. The smallest absolute Gasteiger partial charge is 0.0725 e. The summed E-state index contributed by atoms with van der Waals surface area (Å²) < 4.78 is 7.98. The minimum atomic E-state index is -0.367. The zero-order valence-electron chi connectivity index (χ0n) is 46.1. The first-order valence-corrected chi connectivity index (χ1v) is 31.4. The van der Waals surface area contributed by atoms with Crippen LogP contribution in [-0.4, -0.2) is 24.2 Å². The molecule has 3 nitrogen and oxygen atoms in total. The van der Waals surface area contributed by atoms with Crippen LogP contribution in [-0.2, 0) is 5.41 Å². The molecule has 2 N–H and O–H groups in total. The number of rotatable bonds is 7. The molecular formula is C77H69N3S. The standard InChI is InChI=1S/C77H69N3S/c1-47-16-5-8-23-58(47)54-21-15-22-56(43-54)73(49-17-3-2-4-18-49)64-39-38-59(75-76(64)79-81-78-75)48-30-35-57(36-31-48)80-71-40-33-52(45-66(71)74-65-44-51-20-7-6-19-50(51)42-55(65)34-41-72(74)80)53-32-37-63-62-26-11-14-29-69(62)77(70(63)46-53)67-27-12-9-24-60(67)61-25-10-13-28-68(61)77/h2-4,6-15,17-37,40-42,45-47,51,56,58-59,64,66,71-76,78-79H,5,16,38-39,43-44H2,1H3. The van der Waals surface area contributed by atoms with Crippen molar-refractivity contribution in [2.75, 3.05) is 4.90 Å². The quantitative estimate of drug-likeness (QED) is 0.123. The van der Waals surface area contributed by atoms with Gasteiger partial charge in [0.1, 0.15) is 0 Å². The molecule has 6 aromatic carbocycles. The molecule has 6 aromatic rings. The van der Waals surface area contributed by atoms with Crippen LogP contribution in [0.2, 0.25) is 0 Å². The Hall–Kier alpha value is -7.21. The summed E-state index contributed by atoms with van der Waals surface area (Å²) in [7, 11) is 0. The number of nitrogens with one attached hydrogen (secondary N) is 2. The van der Waals surface area contributed by atoms with Gasteiger partial charge in [0, 0.05) is 59.5 Å². The number of nitrogens with zero attached hydrogens (tertiary/aromatic N) is 1. The van der Waals surface area contributed by atoms with Gasteiger partial charge in [-0.15, -0.1) is 0 Å².